The zero-order chi connectivity index (χ0) is 12.0. The highest BCUT2D eigenvalue weighted by atomic mass is 19.1. The minimum absolute atomic E-state index is 0.193. The number of alkyl halides is 1. The van der Waals surface area contributed by atoms with Crippen LogP contribution in [-0.4, -0.2) is 40.4 Å². The lowest BCUT2D eigenvalue weighted by Crippen LogP contribution is -2.51. The molecule has 2 aliphatic rings. The molecule has 1 unspecified atom stereocenters. The third-order valence-electron chi connectivity index (χ3n) is 4.54. The molecule has 5 heteroatoms. The van der Waals surface area contributed by atoms with Crippen LogP contribution in [0.15, 0.2) is 12.3 Å². The maximum absolute atomic E-state index is 14.1. The topological polar surface area (TPSA) is 47.1 Å². The monoisotopic (exact) mass is 238 g/mol. The normalized spacial score (nSPS) is 31.9. The van der Waals surface area contributed by atoms with Gasteiger partial charge in [-0.05, 0) is 38.5 Å². The first-order valence-electron chi connectivity index (χ1n) is 6.35. The molecule has 17 heavy (non-hydrogen) atoms. The molecule has 1 fully saturated rings. The van der Waals surface area contributed by atoms with Gasteiger partial charge in [-0.25, -0.2) is 9.07 Å². The van der Waals surface area contributed by atoms with Crippen molar-refractivity contribution < 1.29 is 4.39 Å². The third-order valence-corrected chi connectivity index (χ3v) is 4.54. The smallest absolute Gasteiger partial charge is 0.207 e. The molecule has 0 saturated carbocycles. The Kier molecular flexibility index (Phi) is 2.48. The molecule has 0 radical (unpaired) electrons. The Morgan fingerprint density at radius 2 is 2.24 bits per heavy atom. The van der Waals surface area contributed by atoms with E-state index in [9.17, 15) is 4.39 Å². The fraction of sp³-hybridized carbons (Fsp3) is 0.750. The summed E-state index contributed by atoms with van der Waals surface area (Å²) in [4.78, 5) is 2.39. The van der Waals surface area contributed by atoms with Crippen LogP contribution in [0.25, 0.3) is 0 Å². The summed E-state index contributed by atoms with van der Waals surface area (Å²) in [6, 6.07) is 1.49. The van der Waals surface area contributed by atoms with E-state index in [4.69, 9.17) is 5.73 Å². The molecule has 3 heterocycles. The summed E-state index contributed by atoms with van der Waals surface area (Å²) in [5.41, 5.74) is 6.92. The molecule has 3 rings (SSSR count). The minimum atomic E-state index is -1.16. The molecule has 1 aromatic heterocycles. The Bertz CT molecular complexity index is 408. The zero-order valence-corrected chi connectivity index (χ0v) is 10.1. The molecule has 0 amide bonds. The van der Waals surface area contributed by atoms with Crippen molar-refractivity contribution in [3.8, 4) is 0 Å². The molecule has 1 saturated heterocycles. The van der Waals surface area contributed by atoms with Crippen LogP contribution >= 0.6 is 0 Å². The molecule has 0 aromatic carbocycles. The van der Waals surface area contributed by atoms with Gasteiger partial charge < -0.3 is 10.6 Å². The van der Waals surface area contributed by atoms with Crippen LogP contribution in [0.3, 0.4) is 0 Å². The fourth-order valence-electron chi connectivity index (χ4n) is 3.35. The fourth-order valence-corrected chi connectivity index (χ4v) is 3.35. The second-order valence-corrected chi connectivity index (χ2v) is 5.15. The van der Waals surface area contributed by atoms with Gasteiger partial charge in [0.05, 0.1) is 6.04 Å². The molecular weight excluding hydrogens is 219 g/mol. The molecule has 1 aromatic rings. The Labute approximate surface area is 101 Å². The molecule has 4 nitrogen and oxygen atoms in total. The van der Waals surface area contributed by atoms with E-state index in [-0.39, 0.29) is 5.41 Å². The molecule has 2 aliphatic heterocycles. The lowest BCUT2D eigenvalue weighted by Gasteiger charge is -2.41. The maximum Gasteiger partial charge on any atom is 0.207 e. The van der Waals surface area contributed by atoms with Crippen LogP contribution in [0.1, 0.15) is 31.8 Å². The van der Waals surface area contributed by atoms with Crippen LogP contribution in [0.2, 0.25) is 0 Å². The molecule has 2 atom stereocenters. The Balaban J connectivity index is 1.93. The van der Waals surface area contributed by atoms with Crippen molar-refractivity contribution >= 4 is 0 Å². The van der Waals surface area contributed by atoms with Gasteiger partial charge in [0.1, 0.15) is 0 Å². The van der Waals surface area contributed by atoms with Gasteiger partial charge in [0.2, 0.25) is 6.30 Å². The molecule has 94 valence electrons. The Hall–Kier alpha value is -0.940. The van der Waals surface area contributed by atoms with E-state index in [0.717, 1.165) is 38.2 Å². The summed E-state index contributed by atoms with van der Waals surface area (Å²) in [5.74, 6) is 0. The molecule has 0 bridgehead atoms. The van der Waals surface area contributed by atoms with E-state index in [1.54, 1.807) is 6.20 Å². The van der Waals surface area contributed by atoms with E-state index < -0.39 is 12.3 Å². The summed E-state index contributed by atoms with van der Waals surface area (Å²) in [6.07, 6.45) is 2.40. The van der Waals surface area contributed by atoms with Gasteiger partial charge in [0.25, 0.3) is 0 Å². The van der Waals surface area contributed by atoms with Crippen LogP contribution in [-0.2, 0) is 5.41 Å². The quantitative estimate of drug-likeness (QED) is 0.795. The van der Waals surface area contributed by atoms with Crippen molar-refractivity contribution in [1.29, 1.82) is 0 Å². The number of halogens is 1. The van der Waals surface area contributed by atoms with Gasteiger partial charge in [-0.15, -0.1) is 0 Å². The second-order valence-electron chi connectivity index (χ2n) is 5.15. The number of likely N-dealkylation sites (tertiary alicyclic amines) is 1. The van der Waals surface area contributed by atoms with Gasteiger partial charge in [-0.1, -0.05) is 6.92 Å². The van der Waals surface area contributed by atoms with Crippen molar-refractivity contribution in [2.45, 2.75) is 37.5 Å². The Morgan fingerprint density at radius 3 is 2.88 bits per heavy atom. The second kappa shape index (κ2) is 3.78. The lowest BCUT2D eigenvalue weighted by atomic mass is 9.72. The highest BCUT2D eigenvalue weighted by Gasteiger charge is 2.52. The predicted octanol–water partition coefficient (Wildman–Crippen LogP) is 1.05. The van der Waals surface area contributed by atoms with Crippen LogP contribution in [0, 0.1) is 0 Å². The summed E-state index contributed by atoms with van der Waals surface area (Å²) in [5, 5.41) is 4.07. The first-order valence-corrected chi connectivity index (χ1v) is 6.35. The van der Waals surface area contributed by atoms with Crippen molar-refractivity contribution in [2.75, 3.05) is 19.6 Å². The summed E-state index contributed by atoms with van der Waals surface area (Å²) in [7, 11) is 0. The number of nitrogens with zero attached hydrogens (tertiary/aromatic N) is 3. The number of aromatic nitrogens is 2. The van der Waals surface area contributed by atoms with Crippen molar-refractivity contribution in [3.63, 3.8) is 0 Å². The largest absolute Gasteiger partial charge is 0.323 e. The first kappa shape index (κ1) is 11.2. The van der Waals surface area contributed by atoms with E-state index in [0.29, 0.717) is 0 Å². The highest BCUT2D eigenvalue weighted by Crippen LogP contribution is 2.47. The van der Waals surface area contributed by atoms with Crippen molar-refractivity contribution in [2.24, 2.45) is 5.73 Å². The lowest BCUT2D eigenvalue weighted by molar-refractivity contribution is 0.116. The van der Waals surface area contributed by atoms with Gasteiger partial charge in [-0.2, -0.15) is 5.10 Å². The average molecular weight is 238 g/mol. The average Bonchev–Trinajstić information content (AvgIpc) is 2.92. The number of rotatable bonds is 1. The first-order chi connectivity index (χ1) is 8.19. The number of piperidine rings is 1. The van der Waals surface area contributed by atoms with Crippen LogP contribution < -0.4 is 5.73 Å². The van der Waals surface area contributed by atoms with E-state index in [1.165, 1.54) is 4.68 Å². The number of hydrogen-bond acceptors (Lipinski definition) is 3. The Morgan fingerprint density at radius 1 is 1.53 bits per heavy atom. The van der Waals surface area contributed by atoms with E-state index in [1.807, 2.05) is 6.07 Å². The van der Waals surface area contributed by atoms with Gasteiger partial charge in [0.15, 0.2) is 0 Å². The summed E-state index contributed by atoms with van der Waals surface area (Å²) < 4.78 is 15.6. The zero-order valence-electron chi connectivity index (χ0n) is 10.1. The van der Waals surface area contributed by atoms with Crippen molar-refractivity contribution in [3.05, 3.63) is 18.0 Å². The van der Waals surface area contributed by atoms with Crippen molar-refractivity contribution in [1.82, 2.24) is 14.7 Å². The third kappa shape index (κ3) is 1.39. The standard InChI is InChI=1S/C12H19FN4/c1-2-16-7-4-12(5-8-16)9-3-6-15-17(9)11(13)10(12)14/h3,6,10-11H,2,4-5,7-8,14H2,1H3/t10-,11?/m1/s1. The number of fused-ring (bicyclic) bond motifs is 2. The number of hydrogen-bond donors (Lipinski definition) is 1. The summed E-state index contributed by atoms with van der Waals surface area (Å²) >= 11 is 0. The SMILES string of the molecule is CCN1CCC2(CC1)c1ccnn1C(F)[C@H]2N. The summed E-state index contributed by atoms with van der Waals surface area (Å²) in [6.45, 7) is 5.22. The van der Waals surface area contributed by atoms with Gasteiger partial charge >= 0.3 is 0 Å². The van der Waals surface area contributed by atoms with Gasteiger partial charge in [0, 0.05) is 17.3 Å². The maximum atomic E-state index is 14.1. The van der Waals surface area contributed by atoms with E-state index >= 15 is 0 Å². The molecular formula is C12H19FN4. The van der Waals surface area contributed by atoms with E-state index in [2.05, 4.69) is 16.9 Å². The van der Waals surface area contributed by atoms with Gasteiger partial charge in [-0.3, -0.25) is 0 Å². The molecule has 0 aliphatic carbocycles. The predicted molar refractivity (Wildman–Crippen MR) is 63.4 cm³/mol. The number of nitrogens with two attached hydrogens (primary N) is 1. The molecule has 1 spiro atoms. The minimum Gasteiger partial charge on any atom is -0.323 e. The highest BCUT2D eigenvalue weighted by molar-refractivity contribution is 5.27. The van der Waals surface area contributed by atoms with Crippen LogP contribution in [0.5, 0.6) is 0 Å². The van der Waals surface area contributed by atoms with Crippen LogP contribution in [0.4, 0.5) is 4.39 Å². The molecule has 2 N–H and O–H groups in total.